The quantitative estimate of drug-likeness (QED) is 0.659. The summed E-state index contributed by atoms with van der Waals surface area (Å²) in [6.07, 6.45) is 1.97. The first-order valence-electron chi connectivity index (χ1n) is 7.66. The minimum Gasteiger partial charge on any atom is -0.378 e. The molecule has 0 aliphatic carbocycles. The molecular formula is C16H21N3O2S. The van der Waals surface area contributed by atoms with Crippen molar-refractivity contribution < 1.29 is 9.47 Å². The summed E-state index contributed by atoms with van der Waals surface area (Å²) in [6.45, 7) is 5.65. The Balaban J connectivity index is 1.58. The highest BCUT2D eigenvalue weighted by molar-refractivity contribution is 7.80. The number of rotatable bonds is 2. The van der Waals surface area contributed by atoms with Crippen molar-refractivity contribution in [2.75, 3.05) is 46.0 Å². The first kappa shape index (κ1) is 15.6. The Morgan fingerprint density at radius 3 is 2.68 bits per heavy atom. The van der Waals surface area contributed by atoms with Crippen molar-refractivity contribution in [2.24, 2.45) is 4.99 Å². The van der Waals surface area contributed by atoms with Crippen LogP contribution in [0.25, 0.3) is 0 Å². The number of aliphatic imine (C=N–C) groups is 1. The Hall–Kier alpha value is -1.34. The molecule has 2 heterocycles. The number of nitrogens with one attached hydrogen (secondary N) is 1. The van der Waals surface area contributed by atoms with Crippen LogP contribution >= 0.6 is 12.2 Å². The second-order valence-electron chi connectivity index (χ2n) is 5.37. The molecular weight excluding hydrogens is 298 g/mol. The number of nitrogens with zero attached hydrogens (tertiary/aromatic N) is 2. The van der Waals surface area contributed by atoms with Crippen molar-refractivity contribution in [3.63, 3.8) is 0 Å². The maximum Gasteiger partial charge on any atom is 0.195 e. The van der Waals surface area contributed by atoms with Gasteiger partial charge in [-0.25, -0.2) is 4.99 Å². The summed E-state index contributed by atoms with van der Waals surface area (Å²) in [5.74, 6) is 0. The molecule has 5 nitrogen and oxygen atoms in total. The van der Waals surface area contributed by atoms with Gasteiger partial charge in [0.25, 0.3) is 0 Å². The van der Waals surface area contributed by atoms with E-state index >= 15 is 0 Å². The summed E-state index contributed by atoms with van der Waals surface area (Å²) in [4.78, 5) is 6.47. The molecule has 0 spiro atoms. The predicted molar refractivity (Wildman–Crippen MR) is 90.6 cm³/mol. The van der Waals surface area contributed by atoms with Gasteiger partial charge in [-0.2, -0.15) is 0 Å². The fourth-order valence-corrected chi connectivity index (χ4v) is 2.78. The van der Waals surface area contributed by atoms with E-state index in [9.17, 15) is 0 Å². The van der Waals surface area contributed by atoms with Gasteiger partial charge in [0, 0.05) is 32.4 Å². The van der Waals surface area contributed by atoms with E-state index in [4.69, 9.17) is 21.7 Å². The van der Waals surface area contributed by atoms with Gasteiger partial charge in [-0.1, -0.05) is 24.3 Å². The number of ether oxygens (including phenoxy) is 2. The standard InChI is InChI=1S/C16H21N3O2S/c22-16(19-6-9-20-10-7-19)18-11-13-1-3-14(4-2-13)15-12-17-5-8-21-15/h1-4,11,15,17H,5-10,12H2. The molecule has 1 aromatic rings. The van der Waals surface area contributed by atoms with Crippen LogP contribution in [0, 0.1) is 0 Å². The van der Waals surface area contributed by atoms with Crippen LogP contribution in [0.4, 0.5) is 0 Å². The van der Waals surface area contributed by atoms with Crippen molar-refractivity contribution >= 4 is 23.5 Å². The van der Waals surface area contributed by atoms with Crippen molar-refractivity contribution in [2.45, 2.75) is 6.10 Å². The van der Waals surface area contributed by atoms with Crippen LogP contribution < -0.4 is 5.32 Å². The highest BCUT2D eigenvalue weighted by atomic mass is 32.1. The zero-order chi connectivity index (χ0) is 15.2. The molecule has 0 amide bonds. The second kappa shape index (κ2) is 7.78. The third-order valence-corrected chi connectivity index (χ3v) is 4.21. The monoisotopic (exact) mass is 319 g/mol. The average Bonchev–Trinajstić information content (AvgIpc) is 2.61. The summed E-state index contributed by atoms with van der Waals surface area (Å²) in [7, 11) is 0. The first-order chi connectivity index (χ1) is 10.8. The van der Waals surface area contributed by atoms with E-state index in [2.05, 4.69) is 39.5 Å². The minimum atomic E-state index is 0.147. The summed E-state index contributed by atoms with van der Waals surface area (Å²) in [5.41, 5.74) is 2.24. The van der Waals surface area contributed by atoms with Gasteiger partial charge in [0.05, 0.1) is 25.9 Å². The zero-order valence-electron chi connectivity index (χ0n) is 12.5. The Labute approximate surface area is 136 Å². The van der Waals surface area contributed by atoms with Crippen molar-refractivity contribution in [1.29, 1.82) is 0 Å². The topological polar surface area (TPSA) is 46.1 Å². The molecule has 2 saturated heterocycles. The highest BCUT2D eigenvalue weighted by Gasteiger charge is 2.15. The lowest BCUT2D eigenvalue weighted by Crippen LogP contribution is -2.39. The zero-order valence-corrected chi connectivity index (χ0v) is 13.3. The Morgan fingerprint density at radius 1 is 1.23 bits per heavy atom. The van der Waals surface area contributed by atoms with Crippen LogP contribution in [0.2, 0.25) is 0 Å². The van der Waals surface area contributed by atoms with Crippen LogP contribution in [-0.4, -0.2) is 62.2 Å². The molecule has 2 fully saturated rings. The molecule has 2 aliphatic rings. The second-order valence-corrected chi connectivity index (χ2v) is 5.74. The van der Waals surface area contributed by atoms with E-state index in [0.29, 0.717) is 5.11 Å². The molecule has 118 valence electrons. The number of hydrogen-bond acceptors (Lipinski definition) is 4. The molecule has 1 unspecified atom stereocenters. The lowest BCUT2D eigenvalue weighted by atomic mass is 10.1. The fourth-order valence-electron chi connectivity index (χ4n) is 2.54. The van der Waals surface area contributed by atoms with Gasteiger partial charge in [0.15, 0.2) is 5.11 Å². The molecule has 3 rings (SSSR count). The molecule has 1 atom stereocenters. The maximum absolute atomic E-state index is 5.75. The van der Waals surface area contributed by atoms with Gasteiger partial charge in [-0.15, -0.1) is 0 Å². The maximum atomic E-state index is 5.75. The Bertz CT molecular complexity index is 521. The Kier molecular flexibility index (Phi) is 5.50. The molecule has 6 heteroatoms. The van der Waals surface area contributed by atoms with Gasteiger partial charge in [-0.3, -0.25) is 0 Å². The lowest BCUT2D eigenvalue weighted by molar-refractivity contribution is 0.0277. The summed E-state index contributed by atoms with van der Waals surface area (Å²) in [6, 6.07) is 8.30. The predicted octanol–water partition coefficient (Wildman–Crippen LogP) is 1.38. The molecule has 1 aromatic carbocycles. The van der Waals surface area contributed by atoms with Crippen molar-refractivity contribution in [3.8, 4) is 0 Å². The number of thiocarbonyl (C=S) groups is 1. The van der Waals surface area contributed by atoms with Gasteiger partial charge in [0.1, 0.15) is 0 Å². The van der Waals surface area contributed by atoms with E-state index in [1.165, 1.54) is 5.56 Å². The van der Waals surface area contributed by atoms with Crippen molar-refractivity contribution in [1.82, 2.24) is 10.2 Å². The number of hydrogen-bond donors (Lipinski definition) is 1. The molecule has 0 radical (unpaired) electrons. The van der Waals surface area contributed by atoms with Crippen LogP contribution in [-0.2, 0) is 9.47 Å². The molecule has 0 bridgehead atoms. The molecule has 2 aliphatic heterocycles. The smallest absolute Gasteiger partial charge is 0.195 e. The Morgan fingerprint density at radius 2 is 2.00 bits per heavy atom. The van der Waals surface area contributed by atoms with Gasteiger partial charge in [-0.05, 0) is 23.3 Å². The van der Waals surface area contributed by atoms with E-state index in [0.717, 1.165) is 51.6 Å². The van der Waals surface area contributed by atoms with Crippen molar-refractivity contribution in [3.05, 3.63) is 35.4 Å². The van der Waals surface area contributed by atoms with Crippen LogP contribution in [0.15, 0.2) is 29.3 Å². The molecule has 22 heavy (non-hydrogen) atoms. The largest absolute Gasteiger partial charge is 0.378 e. The average molecular weight is 319 g/mol. The molecule has 0 saturated carbocycles. The minimum absolute atomic E-state index is 0.147. The molecule has 0 aromatic heterocycles. The normalized spacial score (nSPS) is 22.9. The van der Waals surface area contributed by atoms with E-state index in [1.807, 2.05) is 6.21 Å². The first-order valence-corrected chi connectivity index (χ1v) is 8.07. The summed E-state index contributed by atoms with van der Waals surface area (Å²) < 4.78 is 11.1. The van der Waals surface area contributed by atoms with Gasteiger partial charge < -0.3 is 19.7 Å². The number of morpholine rings is 2. The number of benzene rings is 1. The highest BCUT2D eigenvalue weighted by Crippen LogP contribution is 2.18. The van der Waals surface area contributed by atoms with Gasteiger partial charge in [0.2, 0.25) is 0 Å². The summed E-state index contributed by atoms with van der Waals surface area (Å²) in [5, 5.41) is 3.97. The third-order valence-electron chi connectivity index (χ3n) is 3.84. The van der Waals surface area contributed by atoms with Crippen LogP contribution in [0.1, 0.15) is 17.2 Å². The SMILES string of the molecule is S=C(N=Cc1ccc(C2CNCCO2)cc1)N1CCOCC1. The van der Waals surface area contributed by atoms with Gasteiger partial charge >= 0.3 is 0 Å². The van der Waals surface area contributed by atoms with Crippen LogP contribution in [0.5, 0.6) is 0 Å². The van der Waals surface area contributed by atoms with E-state index in [-0.39, 0.29) is 6.10 Å². The van der Waals surface area contributed by atoms with Crippen LogP contribution in [0.3, 0.4) is 0 Å². The van der Waals surface area contributed by atoms with E-state index < -0.39 is 0 Å². The summed E-state index contributed by atoms with van der Waals surface area (Å²) >= 11 is 5.35. The fraction of sp³-hybridized carbons (Fsp3) is 0.500. The third kappa shape index (κ3) is 4.10. The van der Waals surface area contributed by atoms with E-state index in [1.54, 1.807) is 0 Å². The lowest BCUT2D eigenvalue weighted by Gasteiger charge is -2.26. The molecule has 1 N–H and O–H groups in total.